The van der Waals surface area contributed by atoms with Gasteiger partial charge in [-0.1, -0.05) is 61.8 Å². The lowest BCUT2D eigenvalue weighted by Crippen LogP contribution is -2.35. The Morgan fingerprint density at radius 3 is 2.79 bits per heavy atom. The van der Waals surface area contributed by atoms with Crippen molar-refractivity contribution in [2.45, 2.75) is 88.9 Å². The van der Waals surface area contributed by atoms with Crippen LogP contribution in [0.25, 0.3) is 0 Å². The number of allylic oxidation sites excluding steroid dienone is 1. The second kappa shape index (κ2) is 11.7. The van der Waals surface area contributed by atoms with E-state index in [1.165, 1.54) is 23.9 Å². The molecule has 34 heavy (non-hydrogen) atoms. The van der Waals surface area contributed by atoms with Crippen LogP contribution in [0.3, 0.4) is 0 Å². The van der Waals surface area contributed by atoms with Gasteiger partial charge in [0.2, 0.25) is 6.23 Å². The zero-order chi connectivity index (χ0) is 23.9. The molecule has 1 aromatic carbocycles. The predicted octanol–water partition coefficient (Wildman–Crippen LogP) is 5.64. The van der Waals surface area contributed by atoms with Crippen molar-refractivity contribution in [2.24, 2.45) is 5.16 Å². The maximum Gasteiger partial charge on any atom is 0.277 e. The maximum absolute atomic E-state index is 13.3. The minimum atomic E-state index is -0.255. The molecule has 2 aliphatic rings. The van der Waals surface area contributed by atoms with Crippen LogP contribution in [0.2, 0.25) is 0 Å². The van der Waals surface area contributed by atoms with Crippen LogP contribution >= 0.6 is 11.8 Å². The first-order valence-electron chi connectivity index (χ1n) is 12.3. The topological polar surface area (TPSA) is 59.7 Å². The molecule has 2 aromatic rings. The van der Waals surface area contributed by atoms with Crippen LogP contribution in [0.1, 0.15) is 69.2 Å². The van der Waals surface area contributed by atoms with Crippen molar-refractivity contribution < 1.29 is 9.23 Å². The number of unbranched alkanes of at least 4 members (excludes halogenated alkanes) is 2. The molecule has 6 nitrogen and oxygen atoms in total. The van der Waals surface area contributed by atoms with E-state index in [4.69, 9.17) is 4.84 Å². The number of fused-ring (bicyclic) bond motifs is 1. The van der Waals surface area contributed by atoms with E-state index in [1.807, 2.05) is 0 Å². The summed E-state index contributed by atoms with van der Waals surface area (Å²) in [7, 11) is 0. The van der Waals surface area contributed by atoms with Crippen LogP contribution in [0.5, 0.6) is 0 Å². The third kappa shape index (κ3) is 5.71. The van der Waals surface area contributed by atoms with Crippen LogP contribution in [-0.4, -0.2) is 26.5 Å². The minimum absolute atomic E-state index is 0.0984. The van der Waals surface area contributed by atoms with E-state index < -0.39 is 0 Å². The molecule has 0 spiro atoms. The van der Waals surface area contributed by atoms with Gasteiger partial charge in [0.15, 0.2) is 11.0 Å². The Bertz CT molecular complexity index is 1100. The highest BCUT2D eigenvalue weighted by molar-refractivity contribution is 7.98. The molecular weight excluding hydrogens is 451 g/mol. The Balaban J connectivity index is 1.61. The van der Waals surface area contributed by atoms with Gasteiger partial charge in [0.1, 0.15) is 5.82 Å². The molecule has 0 radical (unpaired) electrons. The Morgan fingerprint density at radius 2 is 2.03 bits per heavy atom. The molecule has 1 aromatic heterocycles. The van der Waals surface area contributed by atoms with Crippen LogP contribution in [0, 0.1) is 5.82 Å². The van der Waals surface area contributed by atoms with Crippen molar-refractivity contribution in [3.05, 3.63) is 69.5 Å². The highest BCUT2D eigenvalue weighted by Gasteiger charge is 2.30. The lowest BCUT2D eigenvalue weighted by molar-refractivity contribution is 0.0201. The summed E-state index contributed by atoms with van der Waals surface area (Å²) in [6.07, 6.45) is 11.9. The highest BCUT2D eigenvalue weighted by Crippen LogP contribution is 2.28. The Kier molecular flexibility index (Phi) is 8.43. The van der Waals surface area contributed by atoms with E-state index in [2.05, 4.69) is 45.7 Å². The standard InChI is InChI=1S/C26H33FN4O2S/c1-3-5-7-16-30-23(29-33-24(30)11-6-4-2)17-31-22-10-8-9-21(22)25(32)28-26(31)34-18-19-12-14-20(27)15-13-19/h7,12-16,24H,3-6,8-11,17-18H2,1-2H3. The van der Waals surface area contributed by atoms with E-state index in [0.29, 0.717) is 17.5 Å². The molecule has 1 aliphatic carbocycles. The van der Waals surface area contributed by atoms with Gasteiger partial charge in [-0.25, -0.2) is 4.39 Å². The van der Waals surface area contributed by atoms with Crippen molar-refractivity contribution in [1.29, 1.82) is 0 Å². The molecule has 1 unspecified atom stereocenters. The summed E-state index contributed by atoms with van der Waals surface area (Å²) in [6, 6.07) is 6.46. The Morgan fingerprint density at radius 1 is 1.21 bits per heavy atom. The first-order valence-corrected chi connectivity index (χ1v) is 13.3. The first kappa shape index (κ1) is 24.5. The zero-order valence-corrected chi connectivity index (χ0v) is 20.8. The Labute approximate surface area is 204 Å². The number of amidine groups is 1. The van der Waals surface area contributed by atoms with E-state index in [1.54, 1.807) is 12.1 Å². The maximum atomic E-state index is 13.3. The number of thioether (sulfide) groups is 1. The molecule has 0 saturated heterocycles. The Hall–Kier alpha value is -2.61. The lowest BCUT2D eigenvalue weighted by Gasteiger charge is -2.23. The van der Waals surface area contributed by atoms with Crippen LogP contribution in [0.4, 0.5) is 4.39 Å². The lowest BCUT2D eigenvalue weighted by atomic mass is 10.2. The molecule has 0 bridgehead atoms. The van der Waals surface area contributed by atoms with Gasteiger partial charge >= 0.3 is 0 Å². The molecular formula is C26H33FN4O2S. The van der Waals surface area contributed by atoms with Crippen LogP contribution in [-0.2, 0) is 30.0 Å². The number of benzene rings is 1. The molecule has 182 valence electrons. The molecule has 4 rings (SSSR count). The summed E-state index contributed by atoms with van der Waals surface area (Å²) in [6.45, 7) is 4.84. The SMILES string of the molecule is CCCC=CN1C(Cn2c(SCc3ccc(F)cc3)nc(=O)c3c2CCC3)=NOC1CCCC. The summed E-state index contributed by atoms with van der Waals surface area (Å²) in [5.41, 5.74) is 2.73. The average molecular weight is 485 g/mol. The van der Waals surface area contributed by atoms with Gasteiger partial charge in [0.05, 0.1) is 6.54 Å². The number of hydrogen-bond acceptors (Lipinski definition) is 6. The van der Waals surface area contributed by atoms with Crippen molar-refractivity contribution in [1.82, 2.24) is 14.5 Å². The van der Waals surface area contributed by atoms with Gasteiger partial charge in [0, 0.05) is 29.6 Å². The fraction of sp³-hybridized carbons (Fsp3) is 0.500. The minimum Gasteiger partial charge on any atom is -0.368 e. The van der Waals surface area contributed by atoms with Crippen molar-refractivity contribution >= 4 is 17.6 Å². The largest absolute Gasteiger partial charge is 0.368 e. The van der Waals surface area contributed by atoms with Gasteiger partial charge in [-0.2, -0.15) is 4.98 Å². The van der Waals surface area contributed by atoms with E-state index >= 15 is 0 Å². The van der Waals surface area contributed by atoms with Crippen molar-refractivity contribution in [2.75, 3.05) is 0 Å². The van der Waals surface area contributed by atoms with E-state index in [-0.39, 0.29) is 17.6 Å². The summed E-state index contributed by atoms with van der Waals surface area (Å²) in [4.78, 5) is 25.1. The summed E-state index contributed by atoms with van der Waals surface area (Å²) < 4.78 is 15.4. The first-order chi connectivity index (χ1) is 16.6. The van der Waals surface area contributed by atoms with Crippen LogP contribution < -0.4 is 5.56 Å². The van der Waals surface area contributed by atoms with E-state index in [0.717, 1.165) is 74.0 Å². The summed E-state index contributed by atoms with van der Waals surface area (Å²) in [5.74, 6) is 1.18. The summed E-state index contributed by atoms with van der Waals surface area (Å²) in [5, 5.41) is 5.13. The van der Waals surface area contributed by atoms with Gasteiger partial charge in [-0.05, 0) is 49.8 Å². The average Bonchev–Trinajstić information content (AvgIpc) is 3.47. The smallest absolute Gasteiger partial charge is 0.277 e. The number of aromatic nitrogens is 2. The van der Waals surface area contributed by atoms with Gasteiger partial charge in [-0.15, -0.1) is 0 Å². The van der Waals surface area contributed by atoms with Crippen LogP contribution in [0.15, 0.2) is 51.6 Å². The molecule has 0 amide bonds. The summed E-state index contributed by atoms with van der Waals surface area (Å²) >= 11 is 1.50. The molecule has 2 heterocycles. The number of halogens is 1. The molecule has 0 N–H and O–H groups in total. The number of hydrogen-bond donors (Lipinski definition) is 0. The fourth-order valence-corrected chi connectivity index (χ4v) is 5.30. The van der Waals surface area contributed by atoms with Crippen molar-refractivity contribution in [3.63, 3.8) is 0 Å². The monoisotopic (exact) mass is 484 g/mol. The van der Waals surface area contributed by atoms with Gasteiger partial charge < -0.3 is 9.40 Å². The molecule has 1 aliphatic heterocycles. The predicted molar refractivity (Wildman–Crippen MR) is 134 cm³/mol. The fourth-order valence-electron chi connectivity index (χ4n) is 4.33. The van der Waals surface area contributed by atoms with Gasteiger partial charge in [0.25, 0.3) is 5.56 Å². The second-order valence-corrected chi connectivity index (χ2v) is 9.71. The van der Waals surface area contributed by atoms with E-state index in [9.17, 15) is 9.18 Å². The van der Waals surface area contributed by atoms with Gasteiger partial charge in [-0.3, -0.25) is 9.69 Å². The quantitative estimate of drug-likeness (QED) is 0.305. The molecule has 0 fully saturated rings. The molecule has 0 saturated carbocycles. The molecule has 8 heteroatoms. The second-order valence-electron chi connectivity index (χ2n) is 8.77. The number of nitrogens with zero attached hydrogens (tertiary/aromatic N) is 4. The van der Waals surface area contributed by atoms with Crippen molar-refractivity contribution in [3.8, 4) is 0 Å². The normalized spacial score (nSPS) is 17.3. The molecule has 1 atom stereocenters. The number of rotatable bonds is 11. The third-order valence-electron chi connectivity index (χ3n) is 6.20. The number of oxime groups is 1. The highest BCUT2D eigenvalue weighted by atomic mass is 32.2. The zero-order valence-electron chi connectivity index (χ0n) is 20.0. The third-order valence-corrected chi connectivity index (χ3v) is 7.24.